The molecule has 34 heavy (non-hydrogen) atoms. The van der Waals surface area contributed by atoms with Crippen LogP contribution >= 0.6 is 39.3 Å². The van der Waals surface area contributed by atoms with E-state index >= 15 is 0 Å². The zero-order valence-electron chi connectivity index (χ0n) is 19.0. The van der Waals surface area contributed by atoms with Crippen LogP contribution in [-0.2, 0) is 22.7 Å². The van der Waals surface area contributed by atoms with E-state index in [-0.39, 0.29) is 30.7 Å². The summed E-state index contributed by atoms with van der Waals surface area (Å²) >= 11 is 10.6. The Morgan fingerprint density at radius 3 is 2.56 bits per heavy atom. The molecule has 0 fully saturated rings. The first kappa shape index (κ1) is 26.1. The lowest BCUT2D eigenvalue weighted by molar-refractivity contribution is -0.123. The second kappa shape index (κ2) is 12.2. The quantitative estimate of drug-likeness (QED) is 0.344. The van der Waals surface area contributed by atoms with Gasteiger partial charge in [-0.3, -0.25) is 9.59 Å². The summed E-state index contributed by atoms with van der Waals surface area (Å²) in [6.07, 6.45) is 0. The number of aryl methyl sites for hydroxylation is 2. The minimum Gasteiger partial charge on any atom is -0.483 e. The predicted molar refractivity (Wildman–Crippen MR) is 137 cm³/mol. The van der Waals surface area contributed by atoms with E-state index in [1.807, 2.05) is 43.5 Å². The number of benzene rings is 2. The van der Waals surface area contributed by atoms with E-state index in [4.69, 9.17) is 16.3 Å². The highest BCUT2D eigenvalue weighted by atomic mass is 79.9. The smallest absolute Gasteiger partial charge is 0.258 e. The molecule has 0 saturated carbocycles. The molecule has 8 nitrogen and oxygen atoms in total. The number of nitrogens with one attached hydrogen (secondary N) is 2. The Morgan fingerprint density at radius 2 is 1.88 bits per heavy atom. The second-order valence-electron chi connectivity index (χ2n) is 7.40. The zero-order chi connectivity index (χ0) is 24.7. The standard InChI is InChI=1S/C23H25BrClN5O3S/c1-4-30-19(11-26-20(31)12-33-22-14(2)6-5-7-15(22)3)28-29-23(30)34-13-21(32)27-16-8-9-18(25)17(24)10-16/h5-10H,4,11-13H2,1-3H3,(H,26,31)(H,27,32). The SMILES string of the molecule is CCn1c(CNC(=O)COc2c(C)cccc2C)nnc1SCC(=O)Nc1ccc(Cl)c(Br)c1. The van der Waals surface area contributed by atoms with Crippen LogP contribution in [0.1, 0.15) is 23.9 Å². The van der Waals surface area contributed by atoms with Crippen LogP contribution in [0.25, 0.3) is 0 Å². The fourth-order valence-corrected chi connectivity index (χ4v) is 4.49. The summed E-state index contributed by atoms with van der Waals surface area (Å²) < 4.78 is 8.26. The number of aromatic nitrogens is 3. The largest absolute Gasteiger partial charge is 0.483 e. The average molecular weight is 567 g/mol. The second-order valence-corrected chi connectivity index (χ2v) is 9.60. The van der Waals surface area contributed by atoms with Gasteiger partial charge < -0.3 is 19.9 Å². The summed E-state index contributed by atoms with van der Waals surface area (Å²) in [6, 6.07) is 11.0. The van der Waals surface area contributed by atoms with Gasteiger partial charge in [0, 0.05) is 16.7 Å². The Kier molecular flexibility index (Phi) is 9.37. The van der Waals surface area contributed by atoms with E-state index < -0.39 is 0 Å². The minimum atomic E-state index is -0.254. The predicted octanol–water partition coefficient (Wildman–Crippen LogP) is 4.76. The van der Waals surface area contributed by atoms with Crippen LogP contribution in [0.4, 0.5) is 5.69 Å². The Balaban J connectivity index is 1.50. The highest BCUT2D eigenvalue weighted by Crippen LogP contribution is 2.26. The van der Waals surface area contributed by atoms with Gasteiger partial charge >= 0.3 is 0 Å². The van der Waals surface area contributed by atoms with Gasteiger partial charge in [-0.25, -0.2) is 0 Å². The van der Waals surface area contributed by atoms with E-state index in [0.29, 0.717) is 32.7 Å². The van der Waals surface area contributed by atoms with E-state index in [1.54, 1.807) is 18.2 Å². The first-order chi connectivity index (χ1) is 16.3. The van der Waals surface area contributed by atoms with Gasteiger partial charge in [0.1, 0.15) is 5.75 Å². The fraction of sp³-hybridized carbons (Fsp3) is 0.304. The maximum Gasteiger partial charge on any atom is 0.258 e. The number of ether oxygens (including phenoxy) is 1. The highest BCUT2D eigenvalue weighted by molar-refractivity contribution is 9.10. The molecule has 0 aliphatic carbocycles. The molecule has 2 N–H and O–H groups in total. The van der Waals surface area contributed by atoms with Gasteiger partial charge in [-0.15, -0.1) is 10.2 Å². The van der Waals surface area contributed by atoms with Crippen molar-refractivity contribution >= 4 is 56.8 Å². The number of carbonyl (C=O) groups is 2. The Labute approximate surface area is 215 Å². The molecule has 1 heterocycles. The van der Waals surface area contributed by atoms with Crippen molar-refractivity contribution in [2.24, 2.45) is 0 Å². The van der Waals surface area contributed by atoms with Crippen LogP contribution in [0.15, 0.2) is 46.0 Å². The topological polar surface area (TPSA) is 98.1 Å². The molecule has 0 unspecified atom stereocenters. The molecule has 0 atom stereocenters. The van der Waals surface area contributed by atoms with Crippen molar-refractivity contribution in [3.05, 3.63) is 62.8 Å². The Morgan fingerprint density at radius 1 is 1.15 bits per heavy atom. The van der Waals surface area contributed by atoms with Crippen LogP contribution in [0.5, 0.6) is 5.75 Å². The maximum atomic E-state index is 12.3. The molecular weight excluding hydrogens is 542 g/mol. The van der Waals surface area contributed by atoms with Gasteiger partial charge in [0.15, 0.2) is 17.6 Å². The number of thioether (sulfide) groups is 1. The molecule has 0 saturated heterocycles. The molecular formula is C23H25BrClN5O3S. The third-order valence-corrected chi connectivity index (χ3v) is 7.03. The third-order valence-electron chi connectivity index (χ3n) is 4.85. The summed E-state index contributed by atoms with van der Waals surface area (Å²) in [5.41, 5.74) is 2.60. The van der Waals surface area contributed by atoms with Gasteiger partial charge in [-0.05, 0) is 66.0 Å². The molecule has 3 aromatic rings. The molecule has 0 bridgehead atoms. The molecule has 0 radical (unpaired) electrons. The first-order valence-electron chi connectivity index (χ1n) is 10.5. The molecule has 0 aliphatic heterocycles. The lowest BCUT2D eigenvalue weighted by Crippen LogP contribution is -2.29. The highest BCUT2D eigenvalue weighted by Gasteiger charge is 2.15. The van der Waals surface area contributed by atoms with E-state index in [2.05, 4.69) is 36.8 Å². The van der Waals surface area contributed by atoms with Crippen LogP contribution in [0, 0.1) is 13.8 Å². The number of hydrogen-bond donors (Lipinski definition) is 2. The monoisotopic (exact) mass is 565 g/mol. The zero-order valence-corrected chi connectivity index (χ0v) is 22.2. The summed E-state index contributed by atoms with van der Waals surface area (Å²) in [5.74, 6) is 1.05. The molecule has 3 rings (SSSR count). The average Bonchev–Trinajstić information content (AvgIpc) is 3.20. The number of carbonyl (C=O) groups excluding carboxylic acids is 2. The number of anilines is 1. The van der Waals surface area contributed by atoms with Crippen molar-refractivity contribution in [1.29, 1.82) is 0 Å². The molecule has 1 aromatic heterocycles. The molecule has 0 aliphatic rings. The van der Waals surface area contributed by atoms with Gasteiger partial charge in [-0.2, -0.15) is 0 Å². The van der Waals surface area contributed by atoms with Crippen molar-refractivity contribution in [1.82, 2.24) is 20.1 Å². The Hall–Kier alpha value is -2.56. The third kappa shape index (κ3) is 6.97. The fourth-order valence-electron chi connectivity index (χ4n) is 3.17. The van der Waals surface area contributed by atoms with E-state index in [9.17, 15) is 9.59 Å². The van der Waals surface area contributed by atoms with Crippen molar-refractivity contribution in [3.8, 4) is 5.75 Å². The van der Waals surface area contributed by atoms with E-state index in [1.165, 1.54) is 11.8 Å². The van der Waals surface area contributed by atoms with Crippen LogP contribution in [0.3, 0.4) is 0 Å². The van der Waals surface area contributed by atoms with Gasteiger partial charge in [-0.1, -0.05) is 41.6 Å². The molecule has 0 spiro atoms. The first-order valence-corrected chi connectivity index (χ1v) is 12.7. The maximum absolute atomic E-state index is 12.3. The molecule has 11 heteroatoms. The van der Waals surface area contributed by atoms with E-state index in [0.717, 1.165) is 16.9 Å². The number of hydrogen-bond acceptors (Lipinski definition) is 6. The van der Waals surface area contributed by atoms with Crippen LogP contribution in [0.2, 0.25) is 5.02 Å². The molecule has 180 valence electrons. The number of amides is 2. The number of halogens is 2. The summed E-state index contributed by atoms with van der Waals surface area (Å²) in [6.45, 7) is 6.56. The van der Waals surface area contributed by atoms with Gasteiger partial charge in [0.2, 0.25) is 5.91 Å². The van der Waals surface area contributed by atoms with Crippen molar-refractivity contribution in [3.63, 3.8) is 0 Å². The van der Waals surface area contributed by atoms with Crippen molar-refractivity contribution in [2.45, 2.75) is 39.0 Å². The normalized spacial score (nSPS) is 10.7. The summed E-state index contributed by atoms with van der Waals surface area (Å²) in [7, 11) is 0. The van der Waals surface area contributed by atoms with Crippen molar-refractivity contribution < 1.29 is 14.3 Å². The lowest BCUT2D eigenvalue weighted by Gasteiger charge is -2.12. The summed E-state index contributed by atoms with van der Waals surface area (Å²) in [4.78, 5) is 24.6. The number of rotatable bonds is 10. The van der Waals surface area contributed by atoms with Crippen LogP contribution in [-0.4, -0.2) is 38.9 Å². The lowest BCUT2D eigenvalue weighted by atomic mass is 10.1. The van der Waals surface area contributed by atoms with Gasteiger partial charge in [0.05, 0.1) is 17.3 Å². The summed E-state index contributed by atoms with van der Waals surface area (Å²) in [5, 5.41) is 15.2. The number of para-hydroxylation sites is 1. The van der Waals surface area contributed by atoms with Gasteiger partial charge in [0.25, 0.3) is 5.91 Å². The number of nitrogens with zero attached hydrogens (tertiary/aromatic N) is 3. The Bertz CT molecular complexity index is 1170. The van der Waals surface area contributed by atoms with Crippen LogP contribution < -0.4 is 15.4 Å². The molecule has 2 amide bonds. The van der Waals surface area contributed by atoms with Crippen molar-refractivity contribution in [2.75, 3.05) is 17.7 Å². The molecule has 2 aromatic carbocycles. The minimum absolute atomic E-state index is 0.0887.